The van der Waals surface area contributed by atoms with Crippen LogP contribution < -0.4 is 0 Å². The highest BCUT2D eigenvalue weighted by molar-refractivity contribution is 14.1. The van der Waals surface area contributed by atoms with Gasteiger partial charge in [0.05, 0.1) is 42.8 Å². The average molecular weight is 325 g/mol. The minimum Gasteiger partial charge on any atom is -0.491 e. The molecule has 1 aliphatic rings. The van der Waals surface area contributed by atoms with Crippen molar-refractivity contribution in [3.05, 3.63) is 23.8 Å². The number of nitrogens with zero attached hydrogens (tertiary/aromatic N) is 1. The molecule has 1 heterocycles. The van der Waals surface area contributed by atoms with Crippen LogP contribution in [-0.4, -0.2) is 37.1 Å². The molecule has 0 bridgehead atoms. The second-order valence-electron chi connectivity index (χ2n) is 3.04. The van der Waals surface area contributed by atoms with Crippen molar-refractivity contribution in [2.24, 2.45) is 0 Å². The van der Waals surface area contributed by atoms with E-state index in [1.54, 1.807) is 14.2 Å². The summed E-state index contributed by atoms with van der Waals surface area (Å²) in [4.78, 5) is 0. The van der Waals surface area contributed by atoms with E-state index in [2.05, 4.69) is 22.9 Å². The fourth-order valence-electron chi connectivity index (χ4n) is 1.18. The Kier molecular flexibility index (Phi) is 5.85. The Morgan fingerprint density at radius 2 is 2.13 bits per heavy atom. The van der Waals surface area contributed by atoms with Crippen molar-refractivity contribution in [2.45, 2.75) is 6.42 Å². The lowest BCUT2D eigenvalue weighted by Gasteiger charge is -2.20. The van der Waals surface area contributed by atoms with Gasteiger partial charge in [0, 0.05) is 26.7 Å². The average Bonchev–Trinajstić information content (AvgIpc) is 2.26. The molecule has 0 aromatic carbocycles. The van der Waals surface area contributed by atoms with Crippen LogP contribution in [0.2, 0.25) is 0 Å². The quantitative estimate of drug-likeness (QED) is 0.425. The first-order chi connectivity index (χ1) is 7.27. The van der Waals surface area contributed by atoms with Gasteiger partial charge in [0.1, 0.15) is 0 Å². The van der Waals surface area contributed by atoms with E-state index < -0.39 is 0 Å². The van der Waals surface area contributed by atoms with Crippen molar-refractivity contribution in [3.8, 4) is 0 Å². The fraction of sp³-hybridized carbons (Fsp3) is 0.600. The van der Waals surface area contributed by atoms with Gasteiger partial charge in [-0.05, 0) is 6.08 Å². The molecule has 0 saturated carbocycles. The molecule has 0 aliphatic carbocycles. The van der Waals surface area contributed by atoms with Gasteiger partial charge in [-0.15, -0.1) is 0 Å². The van der Waals surface area contributed by atoms with Gasteiger partial charge in [-0.3, -0.25) is 0 Å². The summed E-state index contributed by atoms with van der Waals surface area (Å²) >= 11 is 2.21. The van der Waals surface area contributed by atoms with Crippen LogP contribution in [-0.2, 0) is 14.2 Å². The zero-order valence-corrected chi connectivity index (χ0v) is 11.2. The Morgan fingerprint density at radius 1 is 1.33 bits per heavy atom. The third-order valence-electron chi connectivity index (χ3n) is 1.92. The Bertz CT molecular complexity index is 253. The van der Waals surface area contributed by atoms with E-state index in [-0.39, 0.29) is 0 Å². The molecule has 4 nitrogen and oxygen atoms in total. The summed E-state index contributed by atoms with van der Waals surface area (Å²) in [6.45, 7) is 2.21. The van der Waals surface area contributed by atoms with Crippen LogP contribution in [0.1, 0.15) is 6.42 Å². The van der Waals surface area contributed by atoms with Crippen LogP contribution in [0.25, 0.3) is 0 Å². The van der Waals surface area contributed by atoms with Gasteiger partial charge in [-0.25, -0.2) is 0 Å². The molecule has 0 unspecified atom stereocenters. The molecule has 15 heavy (non-hydrogen) atoms. The van der Waals surface area contributed by atoms with Gasteiger partial charge in [-0.1, -0.05) is 0 Å². The molecule has 5 heteroatoms. The van der Waals surface area contributed by atoms with Crippen molar-refractivity contribution in [1.82, 2.24) is 3.11 Å². The van der Waals surface area contributed by atoms with E-state index in [9.17, 15) is 0 Å². The van der Waals surface area contributed by atoms with Gasteiger partial charge >= 0.3 is 0 Å². The van der Waals surface area contributed by atoms with Crippen LogP contribution in [0.3, 0.4) is 0 Å². The van der Waals surface area contributed by atoms with Crippen LogP contribution in [0.15, 0.2) is 23.8 Å². The predicted molar refractivity (Wildman–Crippen MR) is 66.3 cm³/mol. The number of hydrogen-bond acceptors (Lipinski definition) is 4. The molecule has 0 N–H and O–H groups in total. The molecular formula is C10H16INO3. The standard InChI is InChI=1S/C10H16INO3/c1-13-6-3-7-15-9-4-5-12(11)8-10(9)14-2/h4,8H,3,5-7H2,1-2H3. The Hall–Kier alpha value is -0.430. The molecule has 0 spiro atoms. The lowest BCUT2D eigenvalue weighted by Crippen LogP contribution is -2.14. The fourth-order valence-corrected chi connectivity index (χ4v) is 1.63. The van der Waals surface area contributed by atoms with E-state index in [1.807, 2.05) is 15.4 Å². The smallest absolute Gasteiger partial charge is 0.177 e. The highest BCUT2D eigenvalue weighted by atomic mass is 127. The summed E-state index contributed by atoms with van der Waals surface area (Å²) in [6, 6.07) is 0. The zero-order chi connectivity index (χ0) is 11.1. The SMILES string of the molecule is COCCCOC1=CCN(I)C=C1OC. The normalized spacial score (nSPS) is 15.8. The number of rotatable bonds is 6. The topological polar surface area (TPSA) is 30.9 Å². The number of hydrogen-bond donors (Lipinski definition) is 0. The summed E-state index contributed by atoms with van der Waals surface area (Å²) < 4.78 is 17.8. The highest BCUT2D eigenvalue weighted by Crippen LogP contribution is 2.20. The summed E-state index contributed by atoms with van der Waals surface area (Å²) in [7, 11) is 3.34. The minimum absolute atomic E-state index is 0.654. The van der Waals surface area contributed by atoms with Crippen LogP contribution in [0, 0.1) is 0 Å². The molecule has 0 aromatic heterocycles. The highest BCUT2D eigenvalue weighted by Gasteiger charge is 2.13. The van der Waals surface area contributed by atoms with Crippen LogP contribution in [0.4, 0.5) is 0 Å². The molecule has 0 saturated heterocycles. The minimum atomic E-state index is 0.654. The summed E-state index contributed by atoms with van der Waals surface area (Å²) in [5.74, 6) is 1.59. The van der Waals surface area contributed by atoms with E-state index in [1.165, 1.54) is 0 Å². The van der Waals surface area contributed by atoms with E-state index in [4.69, 9.17) is 14.2 Å². The first-order valence-electron chi connectivity index (χ1n) is 4.78. The molecular weight excluding hydrogens is 309 g/mol. The first kappa shape index (κ1) is 12.6. The maximum absolute atomic E-state index is 5.59. The lowest BCUT2D eigenvalue weighted by molar-refractivity contribution is 0.131. The summed E-state index contributed by atoms with van der Waals surface area (Å²) in [5.41, 5.74) is 0. The van der Waals surface area contributed by atoms with Gasteiger partial charge in [0.15, 0.2) is 11.5 Å². The number of ether oxygens (including phenoxy) is 3. The molecule has 0 fully saturated rings. The van der Waals surface area contributed by atoms with Gasteiger partial charge < -0.3 is 17.3 Å². The van der Waals surface area contributed by atoms with Gasteiger partial charge in [0.25, 0.3) is 0 Å². The maximum atomic E-state index is 5.59. The molecule has 0 radical (unpaired) electrons. The third kappa shape index (κ3) is 4.29. The van der Waals surface area contributed by atoms with Crippen molar-refractivity contribution < 1.29 is 14.2 Å². The van der Waals surface area contributed by atoms with E-state index in [0.717, 1.165) is 31.1 Å². The van der Waals surface area contributed by atoms with E-state index in [0.29, 0.717) is 6.61 Å². The van der Waals surface area contributed by atoms with E-state index >= 15 is 0 Å². The molecule has 0 aromatic rings. The van der Waals surface area contributed by atoms with Gasteiger partial charge in [-0.2, -0.15) is 0 Å². The molecule has 1 aliphatic heterocycles. The van der Waals surface area contributed by atoms with Gasteiger partial charge in [0.2, 0.25) is 0 Å². The number of halogens is 1. The Morgan fingerprint density at radius 3 is 2.80 bits per heavy atom. The molecule has 0 atom stereocenters. The number of methoxy groups -OCH3 is 2. The first-order valence-corrected chi connectivity index (χ1v) is 5.75. The van der Waals surface area contributed by atoms with Crippen molar-refractivity contribution in [2.75, 3.05) is 34.0 Å². The predicted octanol–water partition coefficient (Wildman–Crippen LogP) is 2.08. The van der Waals surface area contributed by atoms with Crippen molar-refractivity contribution in [3.63, 3.8) is 0 Å². The van der Waals surface area contributed by atoms with Crippen molar-refractivity contribution in [1.29, 1.82) is 0 Å². The second-order valence-corrected chi connectivity index (χ2v) is 4.28. The maximum Gasteiger partial charge on any atom is 0.177 e. The second kappa shape index (κ2) is 6.95. The van der Waals surface area contributed by atoms with Crippen LogP contribution in [0.5, 0.6) is 0 Å². The van der Waals surface area contributed by atoms with Crippen LogP contribution >= 0.6 is 22.9 Å². The lowest BCUT2D eigenvalue weighted by atomic mass is 10.3. The third-order valence-corrected chi connectivity index (χ3v) is 2.59. The monoisotopic (exact) mass is 325 g/mol. The molecule has 0 amide bonds. The zero-order valence-electron chi connectivity index (χ0n) is 9.03. The summed E-state index contributed by atoms with van der Waals surface area (Å²) in [5, 5.41) is 0. The Balaban J connectivity index is 2.37. The largest absolute Gasteiger partial charge is 0.491 e. The van der Waals surface area contributed by atoms with Crippen molar-refractivity contribution >= 4 is 22.9 Å². The summed E-state index contributed by atoms with van der Waals surface area (Å²) in [6.07, 6.45) is 4.82. The molecule has 1 rings (SSSR count). The Labute approximate surface area is 104 Å². The molecule has 86 valence electrons.